The SMILES string of the molecule is C#CC.CC.CC(C)C.CCC.CCCC. The molecular weight excluding hydrogens is 192 g/mol. The maximum absolute atomic E-state index is 4.60. The molecule has 0 aliphatic heterocycles. The van der Waals surface area contributed by atoms with Crippen molar-refractivity contribution < 1.29 is 0 Å². The van der Waals surface area contributed by atoms with Gasteiger partial charge in [-0.3, -0.25) is 0 Å². The molecule has 0 bridgehead atoms. The average Bonchev–Trinajstić information content (AvgIpc) is 2.22. The Morgan fingerprint density at radius 1 is 0.875 bits per heavy atom. The fraction of sp³-hybridized carbons (Fsp3) is 0.875. The zero-order chi connectivity index (χ0) is 14.4. The molecule has 0 rings (SSSR count). The lowest BCUT2D eigenvalue weighted by Gasteiger charge is -1.79. The first-order valence-electron chi connectivity index (χ1n) is 6.85. The van der Waals surface area contributed by atoms with Crippen LogP contribution in [0.25, 0.3) is 0 Å². The number of terminal acetylenes is 1. The summed E-state index contributed by atoms with van der Waals surface area (Å²) in [6.07, 6.45) is 8.49. The van der Waals surface area contributed by atoms with Crippen LogP contribution in [0.4, 0.5) is 0 Å². The lowest BCUT2D eigenvalue weighted by molar-refractivity contribution is 0.737. The highest BCUT2D eigenvalue weighted by molar-refractivity contribution is 4.73. The minimum absolute atomic E-state index is 0.833. The molecular formula is C16H38. The van der Waals surface area contributed by atoms with E-state index in [0.29, 0.717) is 0 Å². The van der Waals surface area contributed by atoms with Crippen molar-refractivity contribution >= 4 is 0 Å². The molecule has 16 heavy (non-hydrogen) atoms. The third-order valence-corrected chi connectivity index (χ3v) is 0.500. The Labute approximate surface area is 107 Å². The molecule has 0 nitrogen and oxygen atoms in total. The van der Waals surface area contributed by atoms with Crippen LogP contribution in [-0.2, 0) is 0 Å². The molecule has 0 fully saturated rings. The highest BCUT2D eigenvalue weighted by atomic mass is 13.7. The zero-order valence-corrected chi connectivity index (χ0v) is 13.8. The van der Waals surface area contributed by atoms with Gasteiger partial charge in [-0.05, 0) is 12.8 Å². The molecule has 0 atom stereocenters. The lowest BCUT2D eigenvalue weighted by Crippen LogP contribution is -1.66. The maximum Gasteiger partial charge on any atom is -0.00297 e. The summed E-state index contributed by atoms with van der Waals surface area (Å²) >= 11 is 0. The topological polar surface area (TPSA) is 0 Å². The van der Waals surface area contributed by atoms with Gasteiger partial charge in [0, 0.05) is 0 Å². The predicted molar refractivity (Wildman–Crippen MR) is 82.9 cm³/mol. The minimum Gasteiger partial charge on any atom is -0.120 e. The van der Waals surface area contributed by atoms with Crippen LogP contribution in [0.15, 0.2) is 0 Å². The number of hydrogen-bond acceptors (Lipinski definition) is 0. The minimum atomic E-state index is 0.833. The van der Waals surface area contributed by atoms with E-state index in [4.69, 9.17) is 0 Å². The first-order chi connectivity index (χ1) is 7.47. The molecule has 0 saturated carbocycles. The number of hydrogen-bond donors (Lipinski definition) is 0. The Kier molecular flexibility index (Phi) is 115. The first-order valence-corrected chi connectivity index (χ1v) is 6.85. The van der Waals surface area contributed by atoms with Crippen molar-refractivity contribution in [2.45, 2.75) is 88.5 Å². The summed E-state index contributed by atoms with van der Waals surface area (Å²) in [5.41, 5.74) is 0. The third kappa shape index (κ3) is 6820. The highest BCUT2D eigenvalue weighted by Gasteiger charge is 1.68. The molecule has 0 spiro atoms. The molecule has 0 heterocycles. The van der Waals surface area contributed by atoms with E-state index in [-0.39, 0.29) is 0 Å². The smallest absolute Gasteiger partial charge is 0.00297 e. The molecule has 0 amide bonds. The van der Waals surface area contributed by atoms with E-state index in [1.165, 1.54) is 19.3 Å². The Hall–Kier alpha value is -0.440. The third-order valence-electron chi connectivity index (χ3n) is 0.500. The van der Waals surface area contributed by atoms with Crippen LogP contribution in [0, 0.1) is 18.3 Å². The van der Waals surface area contributed by atoms with Crippen LogP contribution in [0.3, 0.4) is 0 Å². The zero-order valence-electron chi connectivity index (χ0n) is 13.8. The molecule has 0 saturated heterocycles. The van der Waals surface area contributed by atoms with Crippen LogP contribution < -0.4 is 0 Å². The van der Waals surface area contributed by atoms with E-state index in [2.05, 4.69) is 60.8 Å². The molecule has 0 aromatic carbocycles. The van der Waals surface area contributed by atoms with Crippen molar-refractivity contribution in [3.8, 4) is 12.3 Å². The van der Waals surface area contributed by atoms with Gasteiger partial charge in [0.1, 0.15) is 0 Å². The lowest BCUT2D eigenvalue weighted by atomic mass is 10.3. The standard InChI is InChI=1S/2C4H10.C3H8.C3H4.C2H6/c1-4(2)3;1-3-4-2;2*1-3-2;1-2/h4H,1-3H3;3-4H2,1-2H3;3H2,1-2H3;1H,2H3;1-2H3. The van der Waals surface area contributed by atoms with Gasteiger partial charge in [0.2, 0.25) is 0 Å². The van der Waals surface area contributed by atoms with Crippen molar-refractivity contribution in [3.63, 3.8) is 0 Å². The Morgan fingerprint density at radius 2 is 0.938 bits per heavy atom. The summed E-state index contributed by atoms with van der Waals surface area (Å²) in [5, 5.41) is 0. The van der Waals surface area contributed by atoms with E-state index in [1.807, 2.05) is 13.8 Å². The van der Waals surface area contributed by atoms with Gasteiger partial charge in [-0.2, -0.15) is 0 Å². The molecule has 0 aliphatic carbocycles. The first kappa shape index (κ1) is 29.6. The van der Waals surface area contributed by atoms with Gasteiger partial charge in [-0.15, -0.1) is 12.3 Å². The van der Waals surface area contributed by atoms with Crippen molar-refractivity contribution in [2.24, 2.45) is 5.92 Å². The molecule has 0 aromatic rings. The summed E-state index contributed by atoms with van der Waals surface area (Å²) < 4.78 is 0. The van der Waals surface area contributed by atoms with Crippen molar-refractivity contribution in [1.82, 2.24) is 0 Å². The molecule has 0 unspecified atom stereocenters. The summed E-state index contributed by atoms with van der Waals surface area (Å²) in [7, 11) is 0. The molecule has 0 aliphatic rings. The summed E-state index contributed by atoms with van der Waals surface area (Å²) in [5.74, 6) is 3.08. The number of rotatable bonds is 1. The maximum atomic E-state index is 4.60. The van der Waals surface area contributed by atoms with E-state index in [9.17, 15) is 0 Å². The van der Waals surface area contributed by atoms with Gasteiger partial charge < -0.3 is 0 Å². The second-order valence-corrected chi connectivity index (χ2v) is 3.73. The van der Waals surface area contributed by atoms with E-state index in [1.54, 1.807) is 6.92 Å². The van der Waals surface area contributed by atoms with E-state index >= 15 is 0 Å². The normalized spacial score (nSPS) is 6.12. The van der Waals surface area contributed by atoms with Gasteiger partial charge in [0.25, 0.3) is 0 Å². The number of unbranched alkanes of at least 4 members (excludes halogenated alkanes) is 1. The predicted octanol–water partition coefficient (Wildman–Crippen LogP) is 6.55. The van der Waals surface area contributed by atoms with Crippen molar-refractivity contribution in [2.75, 3.05) is 0 Å². The van der Waals surface area contributed by atoms with Crippen molar-refractivity contribution in [1.29, 1.82) is 0 Å². The fourth-order valence-corrected chi connectivity index (χ4v) is 0. The van der Waals surface area contributed by atoms with Crippen LogP contribution >= 0.6 is 0 Å². The Balaban J connectivity index is -0.0000000322. The van der Waals surface area contributed by atoms with Gasteiger partial charge in [0.05, 0.1) is 0 Å². The summed E-state index contributed by atoms with van der Waals surface area (Å²) in [6, 6.07) is 0. The molecule has 0 N–H and O–H groups in total. The van der Waals surface area contributed by atoms with Gasteiger partial charge in [0.15, 0.2) is 0 Å². The van der Waals surface area contributed by atoms with E-state index < -0.39 is 0 Å². The quantitative estimate of drug-likeness (QED) is 0.448. The van der Waals surface area contributed by atoms with Crippen LogP contribution in [-0.4, -0.2) is 0 Å². The second kappa shape index (κ2) is 62.2. The van der Waals surface area contributed by atoms with E-state index in [0.717, 1.165) is 5.92 Å². The molecule has 0 heteroatoms. The molecule has 102 valence electrons. The monoisotopic (exact) mass is 230 g/mol. The van der Waals surface area contributed by atoms with Crippen molar-refractivity contribution in [3.05, 3.63) is 0 Å². The van der Waals surface area contributed by atoms with Crippen LogP contribution in [0.2, 0.25) is 0 Å². The average molecular weight is 230 g/mol. The van der Waals surface area contributed by atoms with Crippen LogP contribution in [0.1, 0.15) is 88.5 Å². The van der Waals surface area contributed by atoms with Gasteiger partial charge >= 0.3 is 0 Å². The summed E-state index contributed by atoms with van der Waals surface area (Å²) in [6.45, 7) is 20.8. The second-order valence-electron chi connectivity index (χ2n) is 3.73. The highest BCUT2D eigenvalue weighted by Crippen LogP contribution is 1.81. The van der Waals surface area contributed by atoms with Gasteiger partial charge in [-0.1, -0.05) is 81.6 Å². The summed E-state index contributed by atoms with van der Waals surface area (Å²) in [4.78, 5) is 0. The van der Waals surface area contributed by atoms with Crippen LogP contribution in [0.5, 0.6) is 0 Å². The molecule has 0 radical (unpaired) electrons. The Morgan fingerprint density at radius 3 is 0.938 bits per heavy atom. The fourth-order valence-electron chi connectivity index (χ4n) is 0. The molecule has 0 aromatic heterocycles. The Bertz CT molecular complexity index is 69.8. The van der Waals surface area contributed by atoms with Gasteiger partial charge in [-0.25, -0.2) is 0 Å². The largest absolute Gasteiger partial charge is 0.120 e.